The van der Waals surface area contributed by atoms with Crippen LogP contribution in [0.15, 0.2) is 35.3 Å². The molecule has 16 heavy (non-hydrogen) atoms. The highest BCUT2D eigenvalue weighted by atomic mass is 79.9. The third kappa shape index (κ3) is 4.68. The summed E-state index contributed by atoms with van der Waals surface area (Å²) in [5.74, 6) is 0. The molecule has 1 aromatic carbocycles. The standard InChI is InChI=1S/C12H17BrN2O/c1-2-3-7-16-8-6-15-12-5-4-10(14)9-11(12)13/h2,4-5,9,15H,1,3,6-8,14H2. The number of nitrogens with one attached hydrogen (secondary N) is 1. The van der Waals surface area contributed by atoms with Gasteiger partial charge >= 0.3 is 0 Å². The van der Waals surface area contributed by atoms with Gasteiger partial charge in [-0.1, -0.05) is 6.08 Å². The fourth-order valence-corrected chi connectivity index (χ4v) is 1.74. The molecule has 0 radical (unpaired) electrons. The average Bonchev–Trinajstić information content (AvgIpc) is 2.26. The van der Waals surface area contributed by atoms with E-state index in [0.717, 1.165) is 35.4 Å². The zero-order valence-electron chi connectivity index (χ0n) is 9.21. The molecule has 0 aliphatic carbocycles. The van der Waals surface area contributed by atoms with Gasteiger partial charge in [-0.05, 0) is 40.5 Å². The summed E-state index contributed by atoms with van der Waals surface area (Å²) >= 11 is 3.44. The molecule has 4 heteroatoms. The number of nitrogens with two attached hydrogens (primary N) is 1. The van der Waals surface area contributed by atoms with Gasteiger partial charge < -0.3 is 15.8 Å². The van der Waals surface area contributed by atoms with Crippen LogP contribution in [-0.4, -0.2) is 19.8 Å². The Bertz CT molecular complexity index is 342. The monoisotopic (exact) mass is 284 g/mol. The van der Waals surface area contributed by atoms with Crippen LogP contribution in [0.4, 0.5) is 11.4 Å². The maximum Gasteiger partial charge on any atom is 0.0639 e. The van der Waals surface area contributed by atoms with Crippen LogP contribution in [-0.2, 0) is 4.74 Å². The summed E-state index contributed by atoms with van der Waals surface area (Å²) in [6.07, 6.45) is 2.75. The molecule has 0 aromatic heterocycles. The van der Waals surface area contributed by atoms with Gasteiger partial charge in [0.1, 0.15) is 0 Å². The largest absolute Gasteiger partial charge is 0.399 e. The van der Waals surface area contributed by atoms with Crippen molar-refractivity contribution >= 4 is 27.3 Å². The Morgan fingerprint density at radius 1 is 1.44 bits per heavy atom. The Kier molecular flexibility index (Phi) is 5.96. The molecule has 0 bridgehead atoms. The van der Waals surface area contributed by atoms with Crippen molar-refractivity contribution in [3.63, 3.8) is 0 Å². The van der Waals surface area contributed by atoms with E-state index in [2.05, 4.69) is 27.8 Å². The normalized spacial score (nSPS) is 10.1. The number of ether oxygens (including phenoxy) is 1. The molecule has 88 valence electrons. The van der Waals surface area contributed by atoms with E-state index in [4.69, 9.17) is 10.5 Å². The van der Waals surface area contributed by atoms with Crippen LogP contribution in [0.3, 0.4) is 0 Å². The third-order valence-electron chi connectivity index (χ3n) is 2.02. The SMILES string of the molecule is C=CCCOCCNc1ccc(N)cc1Br. The summed E-state index contributed by atoms with van der Waals surface area (Å²) in [4.78, 5) is 0. The zero-order valence-corrected chi connectivity index (χ0v) is 10.8. The summed E-state index contributed by atoms with van der Waals surface area (Å²) in [6.45, 7) is 5.83. The fraction of sp³-hybridized carbons (Fsp3) is 0.333. The van der Waals surface area contributed by atoms with Crippen LogP contribution >= 0.6 is 15.9 Å². The van der Waals surface area contributed by atoms with Crippen molar-refractivity contribution in [3.05, 3.63) is 35.3 Å². The van der Waals surface area contributed by atoms with Crippen molar-refractivity contribution in [1.29, 1.82) is 0 Å². The summed E-state index contributed by atoms with van der Waals surface area (Å²) < 4.78 is 6.36. The van der Waals surface area contributed by atoms with Crippen LogP contribution in [0.2, 0.25) is 0 Å². The van der Waals surface area contributed by atoms with Crippen molar-refractivity contribution in [2.75, 3.05) is 30.8 Å². The predicted molar refractivity (Wildman–Crippen MR) is 72.7 cm³/mol. The maximum absolute atomic E-state index is 5.65. The quantitative estimate of drug-likeness (QED) is 0.460. The van der Waals surface area contributed by atoms with Gasteiger partial charge in [-0.2, -0.15) is 0 Å². The molecule has 3 N–H and O–H groups in total. The lowest BCUT2D eigenvalue weighted by Crippen LogP contribution is -2.10. The van der Waals surface area contributed by atoms with Crippen molar-refractivity contribution in [3.8, 4) is 0 Å². The zero-order chi connectivity index (χ0) is 11.8. The molecule has 0 saturated carbocycles. The second-order valence-corrected chi connectivity index (χ2v) is 4.21. The molecule has 0 fully saturated rings. The molecule has 0 aliphatic heterocycles. The third-order valence-corrected chi connectivity index (χ3v) is 2.68. The second kappa shape index (κ2) is 7.30. The van der Waals surface area contributed by atoms with Gasteiger partial charge in [0.2, 0.25) is 0 Å². The summed E-state index contributed by atoms with van der Waals surface area (Å²) in [5, 5.41) is 3.26. The first kappa shape index (κ1) is 13.1. The van der Waals surface area contributed by atoms with Crippen molar-refractivity contribution in [2.24, 2.45) is 0 Å². The molecular weight excluding hydrogens is 268 g/mol. The van der Waals surface area contributed by atoms with Gasteiger partial charge in [0.25, 0.3) is 0 Å². The van der Waals surface area contributed by atoms with Gasteiger partial charge in [0, 0.05) is 22.4 Å². The average molecular weight is 285 g/mol. The van der Waals surface area contributed by atoms with Crippen LogP contribution in [0.25, 0.3) is 0 Å². The predicted octanol–water partition coefficient (Wildman–Crippen LogP) is 3.04. The van der Waals surface area contributed by atoms with Crippen LogP contribution in [0.1, 0.15) is 6.42 Å². The van der Waals surface area contributed by atoms with Crippen LogP contribution in [0, 0.1) is 0 Å². The van der Waals surface area contributed by atoms with E-state index in [1.165, 1.54) is 0 Å². The Morgan fingerprint density at radius 3 is 2.94 bits per heavy atom. The van der Waals surface area contributed by atoms with Crippen molar-refractivity contribution < 1.29 is 4.74 Å². The smallest absolute Gasteiger partial charge is 0.0639 e. The number of benzene rings is 1. The van der Waals surface area contributed by atoms with Crippen molar-refractivity contribution in [2.45, 2.75) is 6.42 Å². The highest BCUT2D eigenvalue weighted by molar-refractivity contribution is 9.10. The molecule has 3 nitrogen and oxygen atoms in total. The number of hydrogen-bond donors (Lipinski definition) is 2. The molecule has 0 atom stereocenters. The molecule has 0 aliphatic rings. The first-order valence-corrected chi connectivity index (χ1v) is 6.01. The van der Waals surface area contributed by atoms with E-state index in [-0.39, 0.29) is 0 Å². The highest BCUT2D eigenvalue weighted by Crippen LogP contribution is 2.24. The Balaban J connectivity index is 2.24. The minimum atomic E-state index is 0.685. The number of halogens is 1. The number of anilines is 2. The molecule has 0 unspecified atom stereocenters. The summed E-state index contributed by atoms with van der Waals surface area (Å²) in [7, 11) is 0. The van der Waals surface area contributed by atoms with Gasteiger partial charge in [-0.3, -0.25) is 0 Å². The topological polar surface area (TPSA) is 47.3 Å². The van der Waals surface area contributed by atoms with Gasteiger partial charge in [0.05, 0.1) is 13.2 Å². The van der Waals surface area contributed by atoms with E-state index >= 15 is 0 Å². The minimum absolute atomic E-state index is 0.685. The molecule has 0 heterocycles. The number of nitrogen functional groups attached to an aromatic ring is 1. The first-order chi connectivity index (χ1) is 7.74. The molecule has 1 rings (SSSR count). The van der Waals surface area contributed by atoms with Crippen LogP contribution in [0.5, 0.6) is 0 Å². The Hall–Kier alpha value is -1.00. The number of hydrogen-bond acceptors (Lipinski definition) is 3. The number of rotatable bonds is 7. The van der Waals surface area contributed by atoms with Gasteiger partial charge in [0.15, 0.2) is 0 Å². The van der Waals surface area contributed by atoms with E-state index in [9.17, 15) is 0 Å². The molecule has 0 saturated heterocycles. The molecule has 0 spiro atoms. The minimum Gasteiger partial charge on any atom is -0.399 e. The Labute approximate surface area is 105 Å². The lowest BCUT2D eigenvalue weighted by molar-refractivity contribution is 0.149. The Morgan fingerprint density at radius 2 is 2.25 bits per heavy atom. The molecule has 1 aromatic rings. The van der Waals surface area contributed by atoms with Crippen LogP contribution < -0.4 is 11.1 Å². The van der Waals surface area contributed by atoms with E-state index in [0.29, 0.717) is 6.61 Å². The molecule has 0 amide bonds. The van der Waals surface area contributed by atoms with Gasteiger partial charge in [-0.15, -0.1) is 6.58 Å². The maximum atomic E-state index is 5.65. The van der Waals surface area contributed by atoms with E-state index < -0.39 is 0 Å². The van der Waals surface area contributed by atoms with E-state index in [1.54, 1.807) is 0 Å². The first-order valence-electron chi connectivity index (χ1n) is 5.21. The summed E-state index contributed by atoms with van der Waals surface area (Å²) in [6, 6.07) is 5.69. The fourth-order valence-electron chi connectivity index (χ4n) is 1.20. The van der Waals surface area contributed by atoms with Gasteiger partial charge in [-0.25, -0.2) is 0 Å². The highest BCUT2D eigenvalue weighted by Gasteiger charge is 1.98. The summed E-state index contributed by atoms with van der Waals surface area (Å²) in [5.41, 5.74) is 7.42. The van der Waals surface area contributed by atoms with Crippen molar-refractivity contribution in [1.82, 2.24) is 0 Å². The lowest BCUT2D eigenvalue weighted by Gasteiger charge is -2.09. The second-order valence-electron chi connectivity index (χ2n) is 3.36. The molecular formula is C12H17BrN2O. The van der Waals surface area contributed by atoms with E-state index in [1.807, 2.05) is 24.3 Å². The lowest BCUT2D eigenvalue weighted by atomic mass is 10.3.